The molecule has 1 atom stereocenters. The summed E-state index contributed by atoms with van der Waals surface area (Å²) in [6.45, 7) is 4.81. The first-order chi connectivity index (χ1) is 11.9. The van der Waals surface area contributed by atoms with Crippen LogP contribution in [0.25, 0.3) is 0 Å². The van der Waals surface area contributed by atoms with Crippen LogP contribution in [0.5, 0.6) is 11.6 Å². The molecule has 2 aromatic heterocycles. The van der Waals surface area contributed by atoms with Crippen molar-refractivity contribution in [2.24, 2.45) is 5.73 Å². The van der Waals surface area contributed by atoms with E-state index in [-0.39, 0.29) is 11.8 Å². The first kappa shape index (κ1) is 17.3. The predicted octanol–water partition coefficient (Wildman–Crippen LogP) is 2.11. The van der Waals surface area contributed by atoms with E-state index in [4.69, 9.17) is 10.5 Å². The standard InChI is InChI=1S/C18H23N5O2/c1-18(2,19)17(24)23-8-4-5-13(12-23)15-10-21-11-16(22-15)25-14-6-3-7-20-9-14/h3,6-7,9-11,13H,4-5,8,12,19H2,1-2H3. The summed E-state index contributed by atoms with van der Waals surface area (Å²) in [5.74, 6) is 1.13. The van der Waals surface area contributed by atoms with E-state index in [0.717, 1.165) is 25.1 Å². The van der Waals surface area contributed by atoms with Crippen LogP contribution in [0.4, 0.5) is 0 Å². The first-order valence-electron chi connectivity index (χ1n) is 8.41. The summed E-state index contributed by atoms with van der Waals surface area (Å²) in [4.78, 5) is 27.1. The number of rotatable bonds is 4. The molecule has 0 aromatic carbocycles. The summed E-state index contributed by atoms with van der Waals surface area (Å²) >= 11 is 0. The van der Waals surface area contributed by atoms with Gasteiger partial charge in [-0.1, -0.05) is 0 Å². The molecule has 1 unspecified atom stereocenters. The van der Waals surface area contributed by atoms with E-state index in [1.54, 1.807) is 44.7 Å². The van der Waals surface area contributed by atoms with Gasteiger partial charge in [-0.25, -0.2) is 4.98 Å². The van der Waals surface area contributed by atoms with E-state index >= 15 is 0 Å². The van der Waals surface area contributed by atoms with Crippen molar-refractivity contribution in [3.63, 3.8) is 0 Å². The fourth-order valence-corrected chi connectivity index (χ4v) is 2.95. The van der Waals surface area contributed by atoms with Crippen molar-refractivity contribution < 1.29 is 9.53 Å². The van der Waals surface area contributed by atoms with Crippen molar-refractivity contribution >= 4 is 5.91 Å². The highest BCUT2D eigenvalue weighted by atomic mass is 16.5. The fraction of sp³-hybridized carbons (Fsp3) is 0.444. The van der Waals surface area contributed by atoms with Crippen LogP contribution in [-0.2, 0) is 4.79 Å². The molecular weight excluding hydrogens is 318 g/mol. The van der Waals surface area contributed by atoms with Crippen LogP contribution >= 0.6 is 0 Å². The number of aromatic nitrogens is 3. The number of carbonyl (C=O) groups is 1. The summed E-state index contributed by atoms with van der Waals surface area (Å²) in [5, 5.41) is 0. The zero-order chi connectivity index (χ0) is 17.9. The minimum atomic E-state index is -0.862. The van der Waals surface area contributed by atoms with E-state index in [1.165, 1.54) is 0 Å². The lowest BCUT2D eigenvalue weighted by Crippen LogP contribution is -2.53. The number of hydrogen-bond acceptors (Lipinski definition) is 6. The number of nitrogens with zero attached hydrogens (tertiary/aromatic N) is 4. The monoisotopic (exact) mass is 341 g/mol. The Hall–Kier alpha value is -2.54. The van der Waals surface area contributed by atoms with Crippen molar-refractivity contribution in [3.05, 3.63) is 42.6 Å². The zero-order valence-corrected chi connectivity index (χ0v) is 14.6. The zero-order valence-electron chi connectivity index (χ0n) is 14.6. The van der Waals surface area contributed by atoms with Gasteiger partial charge in [0.1, 0.15) is 5.75 Å². The normalized spacial score (nSPS) is 18.0. The predicted molar refractivity (Wildman–Crippen MR) is 93.2 cm³/mol. The number of carbonyl (C=O) groups excluding carboxylic acids is 1. The smallest absolute Gasteiger partial charge is 0.242 e. The van der Waals surface area contributed by atoms with Crippen LogP contribution in [0.1, 0.15) is 38.3 Å². The van der Waals surface area contributed by atoms with Gasteiger partial charge >= 0.3 is 0 Å². The van der Waals surface area contributed by atoms with Crippen LogP contribution < -0.4 is 10.5 Å². The average molecular weight is 341 g/mol. The second-order valence-electron chi connectivity index (χ2n) is 6.88. The van der Waals surface area contributed by atoms with Crippen molar-refractivity contribution in [1.29, 1.82) is 0 Å². The molecule has 3 heterocycles. The maximum Gasteiger partial charge on any atom is 0.242 e. The number of ether oxygens (including phenoxy) is 1. The van der Waals surface area contributed by atoms with Gasteiger partial charge in [-0.3, -0.25) is 14.8 Å². The maximum absolute atomic E-state index is 12.4. The number of hydrogen-bond donors (Lipinski definition) is 1. The Balaban J connectivity index is 1.73. The molecule has 1 amide bonds. The average Bonchev–Trinajstić information content (AvgIpc) is 2.61. The Bertz CT molecular complexity index is 730. The Morgan fingerprint density at radius 2 is 2.16 bits per heavy atom. The van der Waals surface area contributed by atoms with Crippen LogP contribution in [-0.4, -0.2) is 44.4 Å². The Labute approximate surface area is 147 Å². The quantitative estimate of drug-likeness (QED) is 0.915. The molecule has 1 aliphatic heterocycles. The summed E-state index contributed by atoms with van der Waals surface area (Å²) < 4.78 is 5.70. The van der Waals surface area contributed by atoms with Crippen molar-refractivity contribution in [1.82, 2.24) is 19.9 Å². The Morgan fingerprint density at radius 1 is 1.32 bits per heavy atom. The summed E-state index contributed by atoms with van der Waals surface area (Å²) in [6, 6.07) is 3.61. The SMILES string of the molecule is CC(C)(N)C(=O)N1CCCC(c2cncc(Oc3cccnc3)n2)C1. The summed E-state index contributed by atoms with van der Waals surface area (Å²) in [5.41, 5.74) is 5.92. The molecule has 0 saturated carbocycles. The first-order valence-corrected chi connectivity index (χ1v) is 8.41. The molecule has 7 nitrogen and oxygen atoms in total. The largest absolute Gasteiger partial charge is 0.436 e. The molecule has 0 spiro atoms. The lowest BCUT2D eigenvalue weighted by molar-refractivity contribution is -0.137. The van der Waals surface area contributed by atoms with Crippen molar-refractivity contribution in [2.75, 3.05) is 13.1 Å². The van der Waals surface area contributed by atoms with Gasteiger partial charge in [0.05, 0.1) is 23.6 Å². The van der Waals surface area contributed by atoms with Gasteiger partial charge in [-0.15, -0.1) is 0 Å². The van der Waals surface area contributed by atoms with E-state index in [9.17, 15) is 4.79 Å². The third-order valence-electron chi connectivity index (χ3n) is 4.17. The van der Waals surface area contributed by atoms with Gasteiger partial charge in [-0.05, 0) is 38.8 Å². The van der Waals surface area contributed by atoms with E-state index < -0.39 is 5.54 Å². The minimum absolute atomic E-state index is 0.0343. The molecule has 1 fully saturated rings. The molecule has 0 bridgehead atoms. The van der Waals surface area contributed by atoms with Crippen LogP contribution in [0, 0.1) is 0 Å². The number of amides is 1. The maximum atomic E-state index is 12.4. The lowest BCUT2D eigenvalue weighted by atomic mass is 9.93. The second kappa shape index (κ2) is 7.14. The molecular formula is C18H23N5O2. The van der Waals surface area contributed by atoms with Gasteiger partial charge in [0.15, 0.2) is 0 Å². The highest BCUT2D eigenvalue weighted by Gasteiger charge is 2.32. The molecule has 25 heavy (non-hydrogen) atoms. The number of pyridine rings is 1. The lowest BCUT2D eigenvalue weighted by Gasteiger charge is -2.36. The molecule has 2 N–H and O–H groups in total. The van der Waals surface area contributed by atoms with Crippen molar-refractivity contribution in [3.8, 4) is 11.6 Å². The fourth-order valence-electron chi connectivity index (χ4n) is 2.95. The highest BCUT2D eigenvalue weighted by Crippen LogP contribution is 2.28. The molecule has 2 aromatic rings. The Kier molecular flexibility index (Phi) is 4.94. The van der Waals surface area contributed by atoms with Gasteiger partial charge in [0.2, 0.25) is 11.8 Å². The third kappa shape index (κ3) is 4.30. The van der Waals surface area contributed by atoms with Crippen molar-refractivity contribution in [2.45, 2.75) is 38.1 Å². The van der Waals surface area contributed by atoms with Gasteiger partial charge in [0, 0.05) is 31.4 Å². The minimum Gasteiger partial charge on any atom is -0.436 e. The van der Waals surface area contributed by atoms with Crippen LogP contribution in [0.2, 0.25) is 0 Å². The second-order valence-corrected chi connectivity index (χ2v) is 6.88. The number of likely N-dealkylation sites (tertiary alicyclic amines) is 1. The van der Waals surface area contributed by atoms with Crippen LogP contribution in [0.3, 0.4) is 0 Å². The molecule has 132 valence electrons. The topological polar surface area (TPSA) is 94.2 Å². The Morgan fingerprint density at radius 3 is 2.88 bits per heavy atom. The van der Waals surface area contributed by atoms with Crippen LogP contribution in [0.15, 0.2) is 36.9 Å². The summed E-state index contributed by atoms with van der Waals surface area (Å²) in [7, 11) is 0. The number of piperidine rings is 1. The van der Waals surface area contributed by atoms with Gasteiger partial charge < -0.3 is 15.4 Å². The molecule has 0 aliphatic carbocycles. The summed E-state index contributed by atoms with van der Waals surface area (Å²) in [6.07, 6.45) is 8.50. The van der Waals surface area contributed by atoms with Gasteiger partial charge in [-0.2, -0.15) is 0 Å². The molecule has 7 heteroatoms. The number of nitrogens with two attached hydrogens (primary N) is 1. The molecule has 1 saturated heterocycles. The molecule has 0 radical (unpaired) electrons. The van der Waals surface area contributed by atoms with E-state index in [1.807, 2.05) is 11.0 Å². The molecule has 3 rings (SSSR count). The molecule has 1 aliphatic rings. The highest BCUT2D eigenvalue weighted by molar-refractivity contribution is 5.85. The van der Waals surface area contributed by atoms with E-state index in [0.29, 0.717) is 18.2 Å². The third-order valence-corrected chi connectivity index (χ3v) is 4.17. The van der Waals surface area contributed by atoms with E-state index in [2.05, 4.69) is 15.0 Å². The van der Waals surface area contributed by atoms with Gasteiger partial charge in [0.25, 0.3) is 0 Å².